The summed E-state index contributed by atoms with van der Waals surface area (Å²) in [6.45, 7) is 0. The fraction of sp³-hybridized carbons (Fsp3) is 0.500. The lowest BCUT2D eigenvalue weighted by atomic mass is 10.1. The molecule has 0 rings (SSSR count). The third-order valence-corrected chi connectivity index (χ3v) is 1.94. The molecule has 0 aliphatic carbocycles. The molecule has 0 heterocycles. The van der Waals surface area contributed by atoms with Crippen LogP contribution in [0.15, 0.2) is 0 Å². The first-order valence-electron chi connectivity index (χ1n) is 4.98. The van der Waals surface area contributed by atoms with Crippen molar-refractivity contribution in [2.24, 2.45) is 5.84 Å². The molecule has 108 valence electrons. The number of urea groups is 1. The quantitative estimate of drug-likeness (QED) is 0.142. The molecule has 0 aliphatic rings. The Balaban J connectivity index is 4.42. The Morgan fingerprint density at radius 1 is 1.00 bits per heavy atom. The van der Waals surface area contributed by atoms with Crippen molar-refractivity contribution in [2.45, 2.75) is 25.0 Å². The molecule has 19 heavy (non-hydrogen) atoms. The van der Waals surface area contributed by atoms with Crippen molar-refractivity contribution in [1.29, 1.82) is 0 Å². The number of hydrazine groups is 1. The van der Waals surface area contributed by atoms with Gasteiger partial charge < -0.3 is 26.0 Å². The molecule has 0 aliphatic heterocycles. The van der Waals surface area contributed by atoms with Gasteiger partial charge in [-0.3, -0.25) is 10.6 Å². The van der Waals surface area contributed by atoms with E-state index in [2.05, 4.69) is 0 Å². The van der Waals surface area contributed by atoms with Gasteiger partial charge in [0.2, 0.25) is 0 Å². The lowest BCUT2D eigenvalue weighted by Gasteiger charge is -2.17. The molecule has 11 heteroatoms. The highest BCUT2D eigenvalue weighted by Gasteiger charge is 2.23. The normalized spacial score (nSPS) is 13.1. The number of rotatable bonds is 8. The first kappa shape index (κ1) is 16.6. The number of carbonyl (C=O) groups excluding carboxylic acids is 1. The van der Waals surface area contributed by atoms with Gasteiger partial charge >= 0.3 is 23.9 Å². The minimum absolute atomic E-state index is 0.341. The number of carboxylic acids is 3. The zero-order valence-electron chi connectivity index (χ0n) is 9.62. The fourth-order valence-electron chi connectivity index (χ4n) is 1.03. The Morgan fingerprint density at radius 3 is 1.95 bits per heavy atom. The van der Waals surface area contributed by atoms with Crippen LogP contribution in [0.25, 0.3) is 0 Å². The van der Waals surface area contributed by atoms with Crippen LogP contribution >= 0.6 is 0 Å². The molecule has 0 fully saturated rings. The van der Waals surface area contributed by atoms with Crippen LogP contribution in [0.4, 0.5) is 4.79 Å². The van der Waals surface area contributed by atoms with Gasteiger partial charge in [-0.15, -0.1) is 0 Å². The lowest BCUT2D eigenvalue weighted by molar-refractivity contribution is -0.141. The molecule has 0 saturated carbocycles. The number of carboxylic acid groups (broad SMARTS) is 3. The summed E-state index contributed by atoms with van der Waals surface area (Å²) in [7, 11) is 0. The molecule has 0 aromatic heterocycles. The van der Waals surface area contributed by atoms with Gasteiger partial charge in [0.25, 0.3) is 0 Å². The second kappa shape index (κ2) is 7.84. The summed E-state index contributed by atoms with van der Waals surface area (Å²) in [6, 6.07) is -2.56. The summed E-state index contributed by atoms with van der Waals surface area (Å²) in [5, 5.41) is 29.5. The number of hydrogen-bond donors (Lipinski definition) is 7. The molecule has 0 aromatic rings. The Hall–Kier alpha value is -2.40. The molecule has 11 nitrogen and oxygen atoms in total. The molecular formula is C8H14N4O7. The number of hydrogen-bond acceptors (Lipinski definition) is 6. The first-order chi connectivity index (χ1) is 8.77. The minimum Gasteiger partial charge on any atom is -0.481 e. The minimum atomic E-state index is -1.60. The maximum absolute atomic E-state index is 11.3. The van der Waals surface area contributed by atoms with Crippen molar-refractivity contribution in [2.75, 3.05) is 0 Å². The standard InChI is InChI=1S/C8H14N4O7/c9-12-5(7(17)18)11-8(19)10-3(6(15)16)1-2-4(13)14/h3,5,12H,1-2,9H2,(H,13,14)(H,15,16)(H,17,18)(H2,10,11,19)/t3-,5-/m0/s1. The summed E-state index contributed by atoms with van der Waals surface area (Å²) in [5.74, 6) is 0.704. The number of aliphatic carboxylic acids is 3. The summed E-state index contributed by atoms with van der Waals surface area (Å²) < 4.78 is 0. The van der Waals surface area contributed by atoms with Crippen molar-refractivity contribution in [3.63, 3.8) is 0 Å². The van der Waals surface area contributed by atoms with Crippen molar-refractivity contribution in [3.05, 3.63) is 0 Å². The van der Waals surface area contributed by atoms with Gasteiger partial charge in [-0.05, 0) is 6.42 Å². The Labute approximate surface area is 106 Å². The monoisotopic (exact) mass is 278 g/mol. The lowest BCUT2D eigenvalue weighted by Crippen LogP contribution is -2.57. The molecular weight excluding hydrogens is 264 g/mol. The number of nitrogens with one attached hydrogen (secondary N) is 3. The van der Waals surface area contributed by atoms with Crippen LogP contribution in [-0.4, -0.2) is 51.5 Å². The van der Waals surface area contributed by atoms with Crippen molar-refractivity contribution < 1.29 is 34.5 Å². The van der Waals surface area contributed by atoms with Crippen molar-refractivity contribution >= 4 is 23.9 Å². The van der Waals surface area contributed by atoms with E-state index >= 15 is 0 Å². The maximum Gasteiger partial charge on any atom is 0.342 e. The number of nitrogens with two attached hydrogens (primary N) is 1. The van der Waals surface area contributed by atoms with Gasteiger partial charge in [0.15, 0.2) is 6.17 Å². The molecule has 0 aromatic carbocycles. The van der Waals surface area contributed by atoms with E-state index in [1.807, 2.05) is 10.6 Å². The Kier molecular flexibility index (Phi) is 6.85. The first-order valence-corrected chi connectivity index (χ1v) is 4.98. The predicted molar refractivity (Wildman–Crippen MR) is 58.7 cm³/mol. The average molecular weight is 278 g/mol. The largest absolute Gasteiger partial charge is 0.481 e. The van der Waals surface area contributed by atoms with E-state index in [0.29, 0.717) is 0 Å². The van der Waals surface area contributed by atoms with E-state index in [1.165, 1.54) is 0 Å². The van der Waals surface area contributed by atoms with Crippen molar-refractivity contribution in [3.8, 4) is 0 Å². The van der Waals surface area contributed by atoms with Crippen LogP contribution in [0.1, 0.15) is 12.8 Å². The van der Waals surface area contributed by atoms with Gasteiger partial charge in [0.05, 0.1) is 0 Å². The summed E-state index contributed by atoms with van der Waals surface area (Å²) >= 11 is 0. The van der Waals surface area contributed by atoms with Crippen LogP contribution in [-0.2, 0) is 14.4 Å². The van der Waals surface area contributed by atoms with Gasteiger partial charge in [-0.1, -0.05) is 0 Å². The van der Waals surface area contributed by atoms with Crippen LogP contribution < -0.4 is 21.9 Å². The zero-order chi connectivity index (χ0) is 15.0. The molecule has 0 saturated heterocycles. The number of amides is 2. The third-order valence-electron chi connectivity index (χ3n) is 1.94. The van der Waals surface area contributed by atoms with E-state index in [1.54, 1.807) is 5.43 Å². The molecule has 0 bridgehead atoms. The van der Waals surface area contributed by atoms with Crippen molar-refractivity contribution in [1.82, 2.24) is 16.1 Å². The highest BCUT2D eigenvalue weighted by molar-refractivity contribution is 5.86. The average Bonchev–Trinajstić information content (AvgIpc) is 2.30. The molecule has 0 spiro atoms. The maximum atomic E-state index is 11.3. The predicted octanol–water partition coefficient (Wildman–Crippen LogP) is -2.52. The molecule has 2 atom stereocenters. The zero-order valence-corrected chi connectivity index (χ0v) is 9.62. The van der Waals surface area contributed by atoms with E-state index in [4.69, 9.17) is 21.2 Å². The summed E-state index contributed by atoms with van der Waals surface area (Å²) in [6.07, 6.45) is -2.41. The Bertz CT molecular complexity index is 372. The van der Waals surface area contributed by atoms with E-state index < -0.39 is 42.6 Å². The van der Waals surface area contributed by atoms with Crippen LogP contribution in [0.2, 0.25) is 0 Å². The van der Waals surface area contributed by atoms with Crippen LogP contribution in [0.3, 0.4) is 0 Å². The van der Waals surface area contributed by atoms with E-state index in [-0.39, 0.29) is 6.42 Å². The van der Waals surface area contributed by atoms with Crippen LogP contribution in [0.5, 0.6) is 0 Å². The molecule has 0 unspecified atom stereocenters. The van der Waals surface area contributed by atoms with Gasteiger partial charge in [0, 0.05) is 6.42 Å². The number of carbonyl (C=O) groups is 4. The SMILES string of the molecule is NN[C@H](NC(=O)N[C@@H](CCC(=O)O)C(=O)O)C(=O)O. The van der Waals surface area contributed by atoms with E-state index in [0.717, 1.165) is 0 Å². The summed E-state index contributed by atoms with van der Waals surface area (Å²) in [5.41, 5.74) is 1.77. The third kappa shape index (κ3) is 6.80. The highest BCUT2D eigenvalue weighted by Crippen LogP contribution is 1.98. The topological polar surface area (TPSA) is 191 Å². The van der Waals surface area contributed by atoms with Gasteiger partial charge in [0.1, 0.15) is 6.04 Å². The fourth-order valence-corrected chi connectivity index (χ4v) is 1.03. The second-order valence-electron chi connectivity index (χ2n) is 3.38. The van der Waals surface area contributed by atoms with Crippen LogP contribution in [0, 0.1) is 0 Å². The highest BCUT2D eigenvalue weighted by atomic mass is 16.4. The summed E-state index contributed by atoms with van der Waals surface area (Å²) in [4.78, 5) is 42.9. The van der Waals surface area contributed by atoms with E-state index in [9.17, 15) is 19.2 Å². The Morgan fingerprint density at radius 2 is 1.58 bits per heavy atom. The second-order valence-corrected chi connectivity index (χ2v) is 3.38. The van der Waals surface area contributed by atoms with Gasteiger partial charge in [-0.2, -0.15) is 0 Å². The van der Waals surface area contributed by atoms with Gasteiger partial charge in [-0.25, -0.2) is 19.8 Å². The molecule has 2 amide bonds. The molecule has 8 N–H and O–H groups in total. The molecule has 0 radical (unpaired) electrons. The smallest absolute Gasteiger partial charge is 0.342 e.